The molecule has 112 valence electrons. The molecule has 0 saturated heterocycles. The third-order valence-electron chi connectivity index (χ3n) is 4.27. The molecule has 5 aromatic rings. The fourth-order valence-electron chi connectivity index (χ4n) is 3.33. The normalized spacial score (nSPS) is 11.7. The Kier molecular flexibility index (Phi) is 2.88. The molecule has 5 rings (SSSR count). The summed E-state index contributed by atoms with van der Waals surface area (Å²) in [5.41, 5.74) is 6.01. The third kappa shape index (κ3) is 1.88. The van der Waals surface area contributed by atoms with Crippen molar-refractivity contribution in [2.75, 3.05) is 0 Å². The van der Waals surface area contributed by atoms with Gasteiger partial charge in [0, 0.05) is 10.2 Å². The Balaban J connectivity index is 2.03. The van der Waals surface area contributed by atoms with Crippen molar-refractivity contribution < 1.29 is 0 Å². The Bertz CT molecular complexity index is 1220. The van der Waals surface area contributed by atoms with Gasteiger partial charge in [0.15, 0.2) is 0 Å². The molecule has 0 spiro atoms. The van der Waals surface area contributed by atoms with Gasteiger partial charge in [0.25, 0.3) is 0 Å². The summed E-state index contributed by atoms with van der Waals surface area (Å²) in [6.45, 7) is 0. The predicted octanol–water partition coefficient (Wildman–Crippen LogP) is 3.99. The first-order valence-corrected chi connectivity index (χ1v) is 8.45. The molecule has 2 aromatic heterocycles. The lowest BCUT2D eigenvalue weighted by Gasteiger charge is -2.07. The van der Waals surface area contributed by atoms with Crippen molar-refractivity contribution in [3.8, 4) is 5.69 Å². The summed E-state index contributed by atoms with van der Waals surface area (Å²) < 4.78 is 5.29. The summed E-state index contributed by atoms with van der Waals surface area (Å²) in [6, 6.07) is 22.4. The Morgan fingerprint density at radius 3 is 2.33 bits per heavy atom. The topological polar surface area (TPSA) is 22.2 Å². The van der Waals surface area contributed by atoms with Crippen LogP contribution < -0.4 is 5.46 Å². The summed E-state index contributed by atoms with van der Waals surface area (Å²) in [5.74, 6) is 0.884. The van der Waals surface area contributed by atoms with Crippen molar-refractivity contribution in [1.82, 2.24) is 14.0 Å². The molecule has 3 nitrogen and oxygen atoms in total. The van der Waals surface area contributed by atoms with Crippen molar-refractivity contribution in [1.29, 1.82) is 0 Å². The SMILES string of the molecule is [B]c1cc(Br)cc(-n2c3ccccc3n3c4ccccc4nc23)c1. The van der Waals surface area contributed by atoms with E-state index in [1.165, 1.54) is 0 Å². The zero-order valence-electron chi connectivity index (χ0n) is 12.6. The second-order valence-electron chi connectivity index (χ2n) is 5.80. The molecular weight excluding hydrogens is 361 g/mol. The minimum atomic E-state index is 0.714. The molecule has 24 heavy (non-hydrogen) atoms. The number of hydrogen-bond donors (Lipinski definition) is 0. The number of para-hydroxylation sites is 4. The van der Waals surface area contributed by atoms with Crippen LogP contribution in [0.2, 0.25) is 0 Å². The molecule has 0 saturated carbocycles. The fourth-order valence-corrected chi connectivity index (χ4v) is 3.83. The molecule has 0 bridgehead atoms. The molecular formula is C19H11BBrN3. The highest BCUT2D eigenvalue weighted by atomic mass is 79.9. The van der Waals surface area contributed by atoms with Crippen molar-refractivity contribution in [2.45, 2.75) is 0 Å². The number of benzene rings is 3. The van der Waals surface area contributed by atoms with Crippen molar-refractivity contribution >= 4 is 57.1 Å². The van der Waals surface area contributed by atoms with Crippen LogP contribution in [0.3, 0.4) is 0 Å². The molecule has 2 radical (unpaired) electrons. The average Bonchev–Trinajstić information content (AvgIpc) is 3.08. The zero-order valence-corrected chi connectivity index (χ0v) is 14.2. The maximum Gasteiger partial charge on any atom is 0.220 e. The molecule has 3 aromatic carbocycles. The van der Waals surface area contributed by atoms with Crippen LogP contribution in [0, 0.1) is 0 Å². The number of halogens is 1. The van der Waals surface area contributed by atoms with Gasteiger partial charge in [-0.25, -0.2) is 4.98 Å². The van der Waals surface area contributed by atoms with E-state index in [-0.39, 0.29) is 0 Å². The monoisotopic (exact) mass is 371 g/mol. The third-order valence-corrected chi connectivity index (χ3v) is 4.73. The van der Waals surface area contributed by atoms with Gasteiger partial charge in [0.1, 0.15) is 7.85 Å². The van der Waals surface area contributed by atoms with E-state index in [9.17, 15) is 0 Å². The van der Waals surface area contributed by atoms with Crippen LogP contribution in [0.1, 0.15) is 0 Å². The van der Waals surface area contributed by atoms with Gasteiger partial charge in [-0.15, -0.1) is 0 Å². The highest BCUT2D eigenvalue weighted by Gasteiger charge is 2.16. The van der Waals surface area contributed by atoms with E-state index in [2.05, 4.69) is 55.2 Å². The summed E-state index contributed by atoms with van der Waals surface area (Å²) in [6.07, 6.45) is 0. The second kappa shape index (κ2) is 4.98. The molecule has 0 N–H and O–H groups in total. The number of fused-ring (bicyclic) bond motifs is 5. The van der Waals surface area contributed by atoms with Gasteiger partial charge in [-0.3, -0.25) is 8.97 Å². The number of nitrogens with zero attached hydrogens (tertiary/aromatic N) is 3. The summed E-state index contributed by atoms with van der Waals surface area (Å²) in [4.78, 5) is 4.86. The van der Waals surface area contributed by atoms with Gasteiger partial charge in [0.2, 0.25) is 5.78 Å². The Hall–Kier alpha value is -2.53. The molecule has 0 fully saturated rings. The van der Waals surface area contributed by atoms with Crippen molar-refractivity contribution in [3.63, 3.8) is 0 Å². The van der Waals surface area contributed by atoms with Gasteiger partial charge >= 0.3 is 0 Å². The maximum atomic E-state index is 6.06. The van der Waals surface area contributed by atoms with E-state index in [1.54, 1.807) is 0 Å². The van der Waals surface area contributed by atoms with Crippen LogP contribution in [-0.2, 0) is 0 Å². The maximum absolute atomic E-state index is 6.06. The first-order valence-electron chi connectivity index (χ1n) is 7.65. The Morgan fingerprint density at radius 1 is 0.833 bits per heavy atom. The standard InChI is InChI=1S/C19H11BBrN3/c20-12-9-13(21)11-14(10-12)23-17-7-3-4-8-18(17)24-16-6-2-1-5-15(16)22-19(23)24/h1-11H. The fraction of sp³-hybridized carbons (Fsp3) is 0. The molecule has 0 amide bonds. The van der Waals surface area contributed by atoms with Crippen molar-refractivity contribution in [3.05, 3.63) is 71.2 Å². The number of aromatic nitrogens is 3. The lowest BCUT2D eigenvalue weighted by molar-refractivity contribution is 1.11. The van der Waals surface area contributed by atoms with E-state index in [0.29, 0.717) is 5.46 Å². The first-order chi connectivity index (χ1) is 11.7. The highest BCUT2D eigenvalue weighted by molar-refractivity contribution is 9.10. The van der Waals surface area contributed by atoms with Crippen LogP contribution >= 0.6 is 15.9 Å². The summed E-state index contributed by atoms with van der Waals surface area (Å²) in [5, 5.41) is 0. The van der Waals surface area contributed by atoms with Gasteiger partial charge < -0.3 is 0 Å². The second-order valence-corrected chi connectivity index (χ2v) is 6.72. The zero-order chi connectivity index (χ0) is 16.3. The predicted molar refractivity (Wildman–Crippen MR) is 103 cm³/mol. The van der Waals surface area contributed by atoms with Gasteiger partial charge in [-0.2, -0.15) is 0 Å². The highest BCUT2D eigenvalue weighted by Crippen LogP contribution is 2.29. The lowest BCUT2D eigenvalue weighted by atomic mass is 9.96. The van der Waals surface area contributed by atoms with Crippen LogP contribution in [0.4, 0.5) is 0 Å². The lowest BCUT2D eigenvalue weighted by Crippen LogP contribution is -2.05. The number of rotatable bonds is 1. The smallest absolute Gasteiger partial charge is 0.220 e. The van der Waals surface area contributed by atoms with Gasteiger partial charge in [0.05, 0.1) is 22.1 Å². The molecule has 0 atom stereocenters. The van der Waals surface area contributed by atoms with E-state index in [4.69, 9.17) is 12.8 Å². The van der Waals surface area contributed by atoms with Gasteiger partial charge in [-0.1, -0.05) is 51.7 Å². The molecule has 0 aliphatic carbocycles. The summed E-state index contributed by atoms with van der Waals surface area (Å²) in [7, 11) is 6.06. The molecule has 0 unspecified atom stereocenters. The van der Waals surface area contributed by atoms with Crippen molar-refractivity contribution in [2.24, 2.45) is 0 Å². The Morgan fingerprint density at radius 2 is 1.54 bits per heavy atom. The minimum Gasteiger partial charge on any atom is -0.278 e. The minimum absolute atomic E-state index is 0.714. The van der Waals surface area contributed by atoms with E-state index >= 15 is 0 Å². The van der Waals surface area contributed by atoms with Crippen LogP contribution in [0.15, 0.2) is 71.2 Å². The van der Waals surface area contributed by atoms with Crippen LogP contribution in [0.5, 0.6) is 0 Å². The number of hydrogen-bond acceptors (Lipinski definition) is 1. The van der Waals surface area contributed by atoms with E-state index in [0.717, 1.165) is 38.0 Å². The van der Waals surface area contributed by atoms with E-state index in [1.807, 2.05) is 36.4 Å². The molecule has 5 heteroatoms. The largest absolute Gasteiger partial charge is 0.278 e. The molecule has 0 aliphatic rings. The van der Waals surface area contributed by atoms with Gasteiger partial charge in [-0.05, 0) is 36.4 Å². The molecule has 0 aliphatic heterocycles. The quantitative estimate of drug-likeness (QED) is 0.408. The van der Waals surface area contributed by atoms with Crippen LogP contribution in [-0.4, -0.2) is 21.8 Å². The summed E-state index contributed by atoms with van der Waals surface area (Å²) >= 11 is 3.54. The molecule has 2 heterocycles. The van der Waals surface area contributed by atoms with E-state index < -0.39 is 0 Å². The average molecular weight is 372 g/mol. The van der Waals surface area contributed by atoms with Crippen LogP contribution in [0.25, 0.3) is 33.5 Å². The number of imidazole rings is 2. The first kappa shape index (κ1) is 13.9. The Labute approximate surface area is 148 Å².